The van der Waals surface area contributed by atoms with Crippen LogP contribution in [-0.4, -0.2) is 48.0 Å². The van der Waals surface area contributed by atoms with Crippen molar-refractivity contribution in [2.24, 2.45) is 0 Å². The van der Waals surface area contributed by atoms with E-state index in [0.29, 0.717) is 17.4 Å². The van der Waals surface area contributed by atoms with Gasteiger partial charge in [0.05, 0.1) is 10.9 Å². The van der Waals surface area contributed by atoms with Crippen molar-refractivity contribution in [3.63, 3.8) is 0 Å². The van der Waals surface area contributed by atoms with E-state index in [1.54, 1.807) is 0 Å². The fourth-order valence-electron chi connectivity index (χ4n) is 5.62. The molecule has 0 N–H and O–H groups in total. The molecule has 1 fully saturated rings. The fourth-order valence-corrected chi connectivity index (χ4v) is 6.64. The van der Waals surface area contributed by atoms with Crippen LogP contribution in [0.2, 0.25) is 0 Å². The van der Waals surface area contributed by atoms with E-state index in [9.17, 15) is 9.59 Å². The molecule has 1 unspecified atom stereocenters. The van der Waals surface area contributed by atoms with Crippen LogP contribution in [0, 0.1) is 0 Å². The average Bonchev–Trinajstić information content (AvgIpc) is 3.05. The molecule has 186 valence electrons. The summed E-state index contributed by atoms with van der Waals surface area (Å²) in [5, 5.41) is 5.18. The first-order chi connectivity index (χ1) is 17.1. The average molecular weight is 494 g/mol. The summed E-state index contributed by atoms with van der Waals surface area (Å²) in [5.74, 6) is 0.669. The first-order valence-electron chi connectivity index (χ1n) is 13.1. The van der Waals surface area contributed by atoms with Crippen molar-refractivity contribution in [3.8, 4) is 17.1 Å². The summed E-state index contributed by atoms with van der Waals surface area (Å²) in [4.78, 5) is 33.9. The van der Waals surface area contributed by atoms with Crippen LogP contribution in [0.4, 0.5) is 0 Å². The smallest absolute Gasteiger partial charge is 0.284 e. The van der Waals surface area contributed by atoms with E-state index in [4.69, 9.17) is 4.98 Å². The van der Waals surface area contributed by atoms with Crippen LogP contribution in [0.25, 0.3) is 17.1 Å². The predicted octanol–water partition coefficient (Wildman–Crippen LogP) is 4.92. The minimum absolute atomic E-state index is 0.112. The molecule has 1 aliphatic carbocycles. The summed E-state index contributed by atoms with van der Waals surface area (Å²) >= 11 is 1.52. The van der Waals surface area contributed by atoms with Crippen LogP contribution < -0.4 is 5.56 Å². The maximum atomic E-state index is 13.5. The van der Waals surface area contributed by atoms with Gasteiger partial charge in [-0.1, -0.05) is 55.6 Å². The van der Waals surface area contributed by atoms with E-state index in [1.165, 1.54) is 35.7 Å². The molecule has 0 radical (unpaired) electrons. The molecule has 35 heavy (non-hydrogen) atoms. The summed E-state index contributed by atoms with van der Waals surface area (Å²) in [6, 6.07) is 9.88. The predicted molar refractivity (Wildman–Crippen MR) is 139 cm³/mol. The summed E-state index contributed by atoms with van der Waals surface area (Å²) < 4.78 is 3.66. The summed E-state index contributed by atoms with van der Waals surface area (Å²) in [6.45, 7) is 5.64. The number of rotatable bonds is 6. The first-order valence-corrected chi connectivity index (χ1v) is 14.0. The molecule has 1 aromatic carbocycles. The van der Waals surface area contributed by atoms with Crippen molar-refractivity contribution in [1.82, 2.24) is 24.2 Å². The SMILES string of the molecule is CCN(C(=O)C(C)Sc1nc2nn(-c3ccccc3)c(=O)c-2c2n1CCCCC2)C1CCCCC1. The molecule has 1 aromatic rings. The Morgan fingerprint density at radius 2 is 1.86 bits per heavy atom. The quantitative estimate of drug-likeness (QED) is 0.360. The molecule has 1 atom stereocenters. The highest BCUT2D eigenvalue weighted by Crippen LogP contribution is 2.33. The number of amides is 1. The monoisotopic (exact) mass is 493 g/mol. The molecule has 7 nitrogen and oxygen atoms in total. The Bertz CT molecular complexity index is 1200. The van der Waals surface area contributed by atoms with Gasteiger partial charge in [0.25, 0.3) is 5.56 Å². The molecule has 8 heteroatoms. The number of thioether (sulfide) groups is 1. The number of carbonyl (C=O) groups is 1. The Labute approximate surface area is 211 Å². The number of carbonyl (C=O) groups excluding carboxylic acids is 1. The van der Waals surface area contributed by atoms with Gasteiger partial charge in [0, 0.05) is 24.8 Å². The zero-order valence-electron chi connectivity index (χ0n) is 20.8. The Hall–Kier alpha value is -2.61. The van der Waals surface area contributed by atoms with E-state index < -0.39 is 0 Å². The zero-order valence-corrected chi connectivity index (χ0v) is 21.6. The number of benzene rings is 1. The van der Waals surface area contributed by atoms with E-state index in [1.807, 2.05) is 37.3 Å². The number of para-hydroxylation sites is 1. The van der Waals surface area contributed by atoms with Crippen molar-refractivity contribution in [2.75, 3.05) is 6.54 Å². The molecule has 5 rings (SSSR count). The zero-order chi connectivity index (χ0) is 24.4. The summed E-state index contributed by atoms with van der Waals surface area (Å²) in [5.41, 5.74) is 2.27. The molecule has 1 amide bonds. The number of hydrogen-bond acceptors (Lipinski definition) is 5. The summed E-state index contributed by atoms with van der Waals surface area (Å²) in [6.07, 6.45) is 9.93. The van der Waals surface area contributed by atoms with Crippen LogP contribution in [0.1, 0.15) is 70.9 Å². The van der Waals surface area contributed by atoms with Gasteiger partial charge in [0.1, 0.15) is 5.56 Å². The number of aromatic nitrogens is 4. The molecule has 4 aliphatic rings. The van der Waals surface area contributed by atoms with Crippen molar-refractivity contribution >= 4 is 17.7 Å². The van der Waals surface area contributed by atoms with E-state index in [2.05, 4.69) is 21.5 Å². The van der Waals surface area contributed by atoms with Crippen LogP contribution in [-0.2, 0) is 17.8 Å². The molecule has 3 aliphatic heterocycles. The van der Waals surface area contributed by atoms with Crippen molar-refractivity contribution in [2.45, 2.75) is 94.6 Å². The van der Waals surface area contributed by atoms with Gasteiger partial charge in [-0.15, -0.1) is 5.10 Å². The second-order valence-corrected chi connectivity index (χ2v) is 11.0. The molecule has 0 saturated heterocycles. The fraction of sp³-hybridized carbons (Fsp3) is 0.556. The number of hydrogen-bond donors (Lipinski definition) is 0. The topological polar surface area (TPSA) is 73.0 Å². The Morgan fingerprint density at radius 1 is 1.11 bits per heavy atom. The normalized spacial score (nSPS) is 17.7. The molecule has 1 saturated carbocycles. The minimum Gasteiger partial charge on any atom is -0.339 e. The third kappa shape index (κ3) is 4.77. The summed E-state index contributed by atoms with van der Waals surface area (Å²) in [7, 11) is 0. The molecule has 0 bridgehead atoms. The highest BCUT2D eigenvalue weighted by Gasteiger charge is 2.31. The van der Waals surface area contributed by atoms with Crippen LogP contribution >= 0.6 is 11.8 Å². The van der Waals surface area contributed by atoms with Crippen LogP contribution in [0.3, 0.4) is 0 Å². The Morgan fingerprint density at radius 3 is 2.60 bits per heavy atom. The second kappa shape index (κ2) is 10.6. The molecular formula is C27H35N5O2S. The maximum absolute atomic E-state index is 13.5. The van der Waals surface area contributed by atoms with Gasteiger partial charge < -0.3 is 9.47 Å². The van der Waals surface area contributed by atoms with E-state index in [-0.39, 0.29) is 16.7 Å². The van der Waals surface area contributed by atoms with E-state index >= 15 is 0 Å². The van der Waals surface area contributed by atoms with Gasteiger partial charge in [0.2, 0.25) is 5.91 Å². The number of nitrogens with zero attached hydrogens (tertiary/aromatic N) is 5. The minimum atomic E-state index is -0.246. The third-order valence-electron chi connectivity index (χ3n) is 7.44. The van der Waals surface area contributed by atoms with Crippen LogP contribution in [0.15, 0.2) is 40.3 Å². The first kappa shape index (κ1) is 24.1. The van der Waals surface area contributed by atoms with Crippen molar-refractivity contribution in [1.29, 1.82) is 0 Å². The van der Waals surface area contributed by atoms with Gasteiger partial charge in [-0.25, -0.2) is 4.98 Å². The lowest BCUT2D eigenvalue weighted by atomic mass is 9.94. The van der Waals surface area contributed by atoms with Crippen molar-refractivity contribution < 1.29 is 4.79 Å². The maximum Gasteiger partial charge on any atom is 0.284 e. The van der Waals surface area contributed by atoms with Crippen LogP contribution in [0.5, 0.6) is 0 Å². The van der Waals surface area contributed by atoms with E-state index in [0.717, 1.165) is 68.2 Å². The lowest BCUT2D eigenvalue weighted by Crippen LogP contribution is -2.44. The van der Waals surface area contributed by atoms with Gasteiger partial charge in [-0.3, -0.25) is 9.59 Å². The highest BCUT2D eigenvalue weighted by atomic mass is 32.2. The Balaban J connectivity index is 1.51. The lowest BCUT2D eigenvalue weighted by Gasteiger charge is -2.35. The number of fused-ring (bicyclic) bond motifs is 3. The second-order valence-electron chi connectivity index (χ2n) is 9.73. The largest absolute Gasteiger partial charge is 0.339 e. The van der Waals surface area contributed by atoms with Gasteiger partial charge in [-0.05, 0) is 58.1 Å². The lowest BCUT2D eigenvalue weighted by molar-refractivity contribution is -0.133. The molecule has 0 spiro atoms. The Kier molecular flexibility index (Phi) is 7.27. The molecular weight excluding hydrogens is 458 g/mol. The van der Waals surface area contributed by atoms with Crippen molar-refractivity contribution in [3.05, 3.63) is 46.4 Å². The molecule has 3 heterocycles. The van der Waals surface area contributed by atoms with Gasteiger partial charge >= 0.3 is 0 Å². The van der Waals surface area contributed by atoms with Gasteiger partial charge in [-0.2, -0.15) is 4.68 Å². The molecule has 0 aromatic heterocycles. The highest BCUT2D eigenvalue weighted by molar-refractivity contribution is 8.00. The van der Waals surface area contributed by atoms with Gasteiger partial charge in [0.15, 0.2) is 11.0 Å². The standard InChI is InChI=1S/C27H35N5O2S/c1-3-30(20-13-7-4-8-14-20)25(33)19(2)35-27-28-24-23(22-17-11-6-12-18-31(22)27)26(34)32(29-24)21-15-9-5-10-16-21/h5,9-10,15-16,19-20H,3-4,6-8,11-14,17-18H2,1-2H3. The third-order valence-corrected chi connectivity index (χ3v) is 8.51.